The lowest BCUT2D eigenvalue weighted by molar-refractivity contribution is -0.157. The van der Waals surface area contributed by atoms with Gasteiger partial charge in [-0.1, -0.05) is 42.0 Å². The van der Waals surface area contributed by atoms with Crippen LogP contribution in [0.2, 0.25) is 0 Å². The third-order valence-corrected chi connectivity index (χ3v) is 5.30. The standard InChI is InChI=1S/C20H23NO4/c1-12(2)24-19(23)16-15-8-9-20(25-15)11-21(18(22)17(16)20)10-14-6-4-13(3)5-7-14/h4-9,12,15-17H,10-11H2,1-3H3/t15-,16?,17+,20-/m1/s1. The van der Waals surface area contributed by atoms with Crippen molar-refractivity contribution in [3.05, 3.63) is 47.5 Å². The molecule has 0 N–H and O–H groups in total. The molecule has 2 saturated heterocycles. The van der Waals surface area contributed by atoms with Crippen LogP contribution in [0.15, 0.2) is 36.4 Å². The van der Waals surface area contributed by atoms with Crippen molar-refractivity contribution in [1.82, 2.24) is 4.90 Å². The molecule has 1 aromatic rings. The molecule has 3 heterocycles. The van der Waals surface area contributed by atoms with Gasteiger partial charge in [0.1, 0.15) is 11.5 Å². The SMILES string of the molecule is Cc1ccc(CN2C[C@@]34C=C[C@@H](O3)C(C(=O)OC(C)C)[C@H]4C2=O)cc1. The average Bonchev–Trinajstić information content (AvgIpc) is 3.18. The first-order chi connectivity index (χ1) is 11.9. The third kappa shape index (κ3) is 2.58. The van der Waals surface area contributed by atoms with E-state index < -0.39 is 17.4 Å². The predicted molar refractivity (Wildman–Crippen MR) is 91.5 cm³/mol. The molecule has 1 aromatic carbocycles. The molecular formula is C20H23NO4. The van der Waals surface area contributed by atoms with Gasteiger partial charge in [0.05, 0.1) is 24.7 Å². The summed E-state index contributed by atoms with van der Waals surface area (Å²) in [7, 11) is 0. The smallest absolute Gasteiger partial charge is 0.313 e. The van der Waals surface area contributed by atoms with Crippen LogP contribution in [-0.4, -0.2) is 41.1 Å². The van der Waals surface area contributed by atoms with E-state index in [1.165, 1.54) is 5.56 Å². The summed E-state index contributed by atoms with van der Waals surface area (Å²) < 4.78 is 11.5. The number of ether oxygens (including phenoxy) is 2. The summed E-state index contributed by atoms with van der Waals surface area (Å²) in [4.78, 5) is 27.4. The molecule has 132 valence electrons. The largest absolute Gasteiger partial charge is 0.463 e. The highest BCUT2D eigenvalue weighted by Gasteiger charge is 2.67. The van der Waals surface area contributed by atoms with Crippen LogP contribution in [0, 0.1) is 18.8 Å². The lowest BCUT2D eigenvalue weighted by atomic mass is 9.77. The summed E-state index contributed by atoms with van der Waals surface area (Å²) in [5.74, 6) is -1.36. The van der Waals surface area contributed by atoms with Gasteiger partial charge in [0.15, 0.2) is 0 Å². The molecule has 4 atom stereocenters. The number of esters is 1. The van der Waals surface area contributed by atoms with E-state index in [1.807, 2.05) is 57.2 Å². The van der Waals surface area contributed by atoms with Crippen molar-refractivity contribution in [1.29, 1.82) is 0 Å². The van der Waals surface area contributed by atoms with Crippen molar-refractivity contribution in [2.45, 2.75) is 45.1 Å². The second-order valence-corrected chi connectivity index (χ2v) is 7.57. The molecule has 3 aliphatic rings. The van der Waals surface area contributed by atoms with Crippen LogP contribution in [0.3, 0.4) is 0 Å². The first-order valence-electron chi connectivity index (χ1n) is 8.82. The minimum absolute atomic E-state index is 0.0156. The Morgan fingerprint density at radius 2 is 2.08 bits per heavy atom. The fraction of sp³-hybridized carbons (Fsp3) is 0.500. The number of carbonyl (C=O) groups is 2. The fourth-order valence-electron chi connectivity index (χ4n) is 4.21. The van der Waals surface area contributed by atoms with Crippen molar-refractivity contribution in [2.24, 2.45) is 11.8 Å². The summed E-state index contributed by atoms with van der Waals surface area (Å²) in [6, 6.07) is 8.15. The molecule has 0 saturated carbocycles. The fourth-order valence-corrected chi connectivity index (χ4v) is 4.21. The van der Waals surface area contributed by atoms with Crippen LogP contribution < -0.4 is 0 Å². The quantitative estimate of drug-likeness (QED) is 0.622. The maximum absolute atomic E-state index is 13.0. The zero-order chi connectivity index (χ0) is 17.8. The highest BCUT2D eigenvalue weighted by Crippen LogP contribution is 2.52. The van der Waals surface area contributed by atoms with Crippen LogP contribution in [0.25, 0.3) is 0 Å². The molecule has 0 aliphatic carbocycles. The summed E-state index contributed by atoms with van der Waals surface area (Å²) in [6.45, 7) is 6.69. The van der Waals surface area contributed by atoms with Gasteiger partial charge in [-0.25, -0.2) is 0 Å². The van der Waals surface area contributed by atoms with Crippen molar-refractivity contribution < 1.29 is 19.1 Å². The maximum Gasteiger partial charge on any atom is 0.313 e. The Bertz CT molecular complexity index is 739. The molecule has 0 radical (unpaired) electrons. The van der Waals surface area contributed by atoms with Gasteiger partial charge in [0.25, 0.3) is 0 Å². The van der Waals surface area contributed by atoms with Gasteiger partial charge in [-0.05, 0) is 26.3 Å². The highest BCUT2D eigenvalue weighted by molar-refractivity contribution is 5.91. The van der Waals surface area contributed by atoms with Crippen molar-refractivity contribution in [3.8, 4) is 0 Å². The number of hydrogen-bond acceptors (Lipinski definition) is 4. The van der Waals surface area contributed by atoms with Crippen LogP contribution >= 0.6 is 0 Å². The van der Waals surface area contributed by atoms with Crippen molar-refractivity contribution in [2.75, 3.05) is 6.54 Å². The topological polar surface area (TPSA) is 55.8 Å². The molecular weight excluding hydrogens is 318 g/mol. The predicted octanol–water partition coefficient (Wildman–Crippen LogP) is 2.23. The van der Waals surface area contributed by atoms with Gasteiger partial charge in [0.2, 0.25) is 5.91 Å². The Morgan fingerprint density at radius 3 is 2.76 bits per heavy atom. The number of nitrogens with zero attached hydrogens (tertiary/aromatic N) is 1. The van der Waals surface area contributed by atoms with Gasteiger partial charge < -0.3 is 14.4 Å². The molecule has 2 fully saturated rings. The number of carbonyl (C=O) groups excluding carboxylic acids is 2. The Hall–Kier alpha value is -2.14. The Morgan fingerprint density at radius 1 is 1.36 bits per heavy atom. The lowest BCUT2D eigenvalue weighted by Gasteiger charge is -2.23. The Balaban J connectivity index is 1.57. The lowest BCUT2D eigenvalue weighted by Crippen LogP contribution is -2.40. The molecule has 1 amide bonds. The maximum atomic E-state index is 13.0. The summed E-state index contributed by atoms with van der Waals surface area (Å²) in [6.07, 6.45) is 3.33. The zero-order valence-electron chi connectivity index (χ0n) is 14.8. The number of amides is 1. The Kier molecular flexibility index (Phi) is 3.72. The minimum atomic E-state index is -0.673. The van der Waals surface area contributed by atoms with Crippen molar-refractivity contribution in [3.63, 3.8) is 0 Å². The van der Waals surface area contributed by atoms with Crippen molar-refractivity contribution >= 4 is 11.9 Å². The third-order valence-electron chi connectivity index (χ3n) is 5.30. The van der Waals surface area contributed by atoms with E-state index in [0.29, 0.717) is 13.1 Å². The first-order valence-corrected chi connectivity index (χ1v) is 8.82. The van der Waals surface area contributed by atoms with E-state index in [9.17, 15) is 9.59 Å². The van der Waals surface area contributed by atoms with Gasteiger partial charge in [0, 0.05) is 6.54 Å². The van der Waals surface area contributed by atoms with Crippen LogP contribution in [0.1, 0.15) is 25.0 Å². The number of aryl methyl sites for hydroxylation is 1. The zero-order valence-corrected chi connectivity index (χ0v) is 14.8. The molecule has 25 heavy (non-hydrogen) atoms. The Labute approximate surface area is 147 Å². The molecule has 1 unspecified atom stereocenters. The van der Waals surface area contributed by atoms with E-state index in [2.05, 4.69) is 0 Å². The van der Waals surface area contributed by atoms with E-state index >= 15 is 0 Å². The molecule has 4 rings (SSSR count). The number of fused-ring (bicyclic) bond motifs is 1. The second-order valence-electron chi connectivity index (χ2n) is 7.57. The summed E-state index contributed by atoms with van der Waals surface area (Å²) in [5, 5.41) is 0. The van der Waals surface area contributed by atoms with E-state index in [-0.39, 0.29) is 24.1 Å². The van der Waals surface area contributed by atoms with Crippen LogP contribution in [-0.2, 0) is 25.6 Å². The van der Waals surface area contributed by atoms with Crippen LogP contribution in [0.5, 0.6) is 0 Å². The summed E-state index contributed by atoms with van der Waals surface area (Å²) in [5.41, 5.74) is 1.59. The molecule has 1 spiro atoms. The van der Waals surface area contributed by atoms with Gasteiger partial charge >= 0.3 is 5.97 Å². The monoisotopic (exact) mass is 341 g/mol. The number of hydrogen-bond donors (Lipinski definition) is 0. The second kappa shape index (κ2) is 5.70. The average molecular weight is 341 g/mol. The number of rotatable bonds is 4. The van der Waals surface area contributed by atoms with Gasteiger partial charge in [-0.2, -0.15) is 0 Å². The molecule has 3 aliphatic heterocycles. The summed E-state index contributed by atoms with van der Waals surface area (Å²) >= 11 is 0. The van der Waals surface area contributed by atoms with E-state index in [4.69, 9.17) is 9.47 Å². The van der Waals surface area contributed by atoms with E-state index in [1.54, 1.807) is 4.90 Å². The first kappa shape index (κ1) is 16.3. The van der Waals surface area contributed by atoms with Gasteiger partial charge in [-0.15, -0.1) is 0 Å². The highest BCUT2D eigenvalue weighted by atomic mass is 16.6. The minimum Gasteiger partial charge on any atom is -0.463 e. The normalized spacial score (nSPS) is 32.6. The van der Waals surface area contributed by atoms with E-state index in [0.717, 1.165) is 5.56 Å². The molecule has 0 aromatic heterocycles. The number of benzene rings is 1. The van der Waals surface area contributed by atoms with Crippen LogP contribution in [0.4, 0.5) is 0 Å². The molecule has 5 nitrogen and oxygen atoms in total. The van der Waals surface area contributed by atoms with Gasteiger partial charge in [-0.3, -0.25) is 9.59 Å². The molecule has 2 bridgehead atoms. The molecule has 5 heteroatoms. The number of likely N-dealkylation sites (tertiary alicyclic amines) is 1.